The monoisotopic (exact) mass is 282 g/mol. The highest BCUT2D eigenvalue weighted by molar-refractivity contribution is 5.34. The van der Waals surface area contributed by atoms with Gasteiger partial charge in [0.05, 0.1) is 12.3 Å². The van der Waals surface area contributed by atoms with Crippen LogP contribution < -0.4 is 0 Å². The van der Waals surface area contributed by atoms with Gasteiger partial charge in [-0.15, -0.1) is 0 Å². The van der Waals surface area contributed by atoms with Gasteiger partial charge in [0.1, 0.15) is 0 Å². The molecule has 3 nitrogen and oxygen atoms in total. The number of hydrogen-bond acceptors (Lipinski definition) is 3. The fourth-order valence-electron chi connectivity index (χ4n) is 3.26. The van der Waals surface area contributed by atoms with Crippen LogP contribution in [0.4, 0.5) is 0 Å². The first-order valence-electron chi connectivity index (χ1n) is 7.63. The van der Waals surface area contributed by atoms with Crippen LogP contribution in [-0.2, 0) is 13.0 Å². The van der Waals surface area contributed by atoms with Gasteiger partial charge in [-0.05, 0) is 42.5 Å². The summed E-state index contributed by atoms with van der Waals surface area (Å²) in [6.07, 6.45) is 4.11. The molecule has 1 aromatic carbocycles. The van der Waals surface area contributed by atoms with Crippen molar-refractivity contribution in [2.24, 2.45) is 0 Å². The van der Waals surface area contributed by atoms with Gasteiger partial charge in [0.2, 0.25) is 0 Å². The molecule has 1 atom stereocenters. The first-order chi connectivity index (χ1) is 10.3. The minimum Gasteiger partial charge on any atom is -0.395 e. The highest BCUT2D eigenvalue weighted by atomic mass is 16.3. The third-order valence-corrected chi connectivity index (χ3v) is 4.40. The molecule has 1 N–H and O–H groups in total. The fraction of sp³-hybridized carbons (Fsp3) is 0.389. The molecule has 1 unspecified atom stereocenters. The molecule has 0 saturated heterocycles. The largest absolute Gasteiger partial charge is 0.395 e. The van der Waals surface area contributed by atoms with E-state index in [1.807, 2.05) is 12.3 Å². The van der Waals surface area contributed by atoms with Crippen LogP contribution in [0.15, 0.2) is 42.6 Å². The summed E-state index contributed by atoms with van der Waals surface area (Å²) in [6, 6.07) is 13.1. The lowest BCUT2D eigenvalue weighted by Crippen LogP contribution is -2.30. The van der Waals surface area contributed by atoms with E-state index >= 15 is 0 Å². The number of rotatable bonds is 5. The Morgan fingerprint density at radius 2 is 2.10 bits per heavy atom. The molecule has 110 valence electrons. The predicted octanol–water partition coefficient (Wildman–Crippen LogP) is 2.87. The molecule has 1 heterocycles. The lowest BCUT2D eigenvalue weighted by Gasteiger charge is -2.29. The fourth-order valence-corrected chi connectivity index (χ4v) is 3.26. The first kappa shape index (κ1) is 14.2. The smallest absolute Gasteiger partial charge is 0.0573 e. The molecule has 0 aliphatic heterocycles. The Balaban J connectivity index is 1.84. The van der Waals surface area contributed by atoms with Crippen LogP contribution in [0.3, 0.4) is 0 Å². The maximum Gasteiger partial charge on any atom is 0.0573 e. The second-order valence-electron chi connectivity index (χ2n) is 5.71. The number of aromatic nitrogens is 1. The Morgan fingerprint density at radius 1 is 1.24 bits per heavy atom. The van der Waals surface area contributed by atoms with E-state index < -0.39 is 0 Å². The van der Waals surface area contributed by atoms with Gasteiger partial charge in [-0.3, -0.25) is 9.88 Å². The Morgan fingerprint density at radius 3 is 2.90 bits per heavy atom. The topological polar surface area (TPSA) is 36.4 Å². The van der Waals surface area contributed by atoms with Crippen LogP contribution in [0.25, 0.3) is 0 Å². The van der Waals surface area contributed by atoms with Gasteiger partial charge < -0.3 is 5.11 Å². The van der Waals surface area contributed by atoms with Gasteiger partial charge in [-0.1, -0.05) is 30.3 Å². The number of fused-ring (bicyclic) bond motifs is 1. The molecular formula is C18H22N2O. The molecule has 0 spiro atoms. The van der Waals surface area contributed by atoms with E-state index in [1.54, 1.807) is 0 Å². The number of aliphatic hydroxyl groups excluding tert-OH is 1. The van der Waals surface area contributed by atoms with Gasteiger partial charge in [0, 0.05) is 25.3 Å². The van der Waals surface area contributed by atoms with E-state index in [4.69, 9.17) is 0 Å². The molecule has 0 saturated carbocycles. The number of aryl methyl sites for hydroxylation is 2. The summed E-state index contributed by atoms with van der Waals surface area (Å²) >= 11 is 0. The second-order valence-corrected chi connectivity index (χ2v) is 5.71. The van der Waals surface area contributed by atoms with Crippen LogP contribution in [-0.4, -0.2) is 28.1 Å². The molecule has 1 aliphatic rings. The number of aliphatic hydroxyl groups is 1. The molecule has 0 amide bonds. The Kier molecular flexibility index (Phi) is 4.32. The van der Waals surface area contributed by atoms with E-state index in [0.29, 0.717) is 12.6 Å². The van der Waals surface area contributed by atoms with Crippen molar-refractivity contribution < 1.29 is 5.11 Å². The average Bonchev–Trinajstić information content (AvgIpc) is 2.93. The van der Waals surface area contributed by atoms with Gasteiger partial charge in [-0.2, -0.15) is 0 Å². The highest BCUT2D eigenvalue weighted by Crippen LogP contribution is 2.36. The molecule has 21 heavy (non-hydrogen) atoms. The van der Waals surface area contributed by atoms with E-state index in [2.05, 4.69) is 47.1 Å². The maximum absolute atomic E-state index is 9.43. The van der Waals surface area contributed by atoms with Gasteiger partial charge in [0.25, 0.3) is 0 Å². The van der Waals surface area contributed by atoms with Crippen molar-refractivity contribution in [2.45, 2.75) is 32.4 Å². The molecule has 0 bridgehead atoms. The summed E-state index contributed by atoms with van der Waals surface area (Å²) in [5, 5.41) is 9.43. The minimum atomic E-state index is 0.185. The zero-order valence-corrected chi connectivity index (χ0v) is 12.5. The first-order valence-corrected chi connectivity index (χ1v) is 7.63. The third kappa shape index (κ3) is 2.99. The van der Waals surface area contributed by atoms with Crippen molar-refractivity contribution in [3.63, 3.8) is 0 Å². The number of benzene rings is 1. The summed E-state index contributed by atoms with van der Waals surface area (Å²) in [6.45, 7) is 3.77. The quantitative estimate of drug-likeness (QED) is 0.916. The Hall–Kier alpha value is -1.71. The third-order valence-electron chi connectivity index (χ3n) is 4.40. The second kappa shape index (κ2) is 6.37. The van der Waals surface area contributed by atoms with Crippen molar-refractivity contribution in [1.82, 2.24) is 9.88 Å². The van der Waals surface area contributed by atoms with Crippen LogP contribution in [0.5, 0.6) is 0 Å². The Labute approximate surface area is 126 Å². The molecule has 3 heteroatoms. The minimum absolute atomic E-state index is 0.185. The molecule has 2 aromatic rings. The SMILES string of the molecule is Cc1cccnc1CN(CCO)C1CCc2ccccc21. The van der Waals surface area contributed by atoms with Crippen LogP contribution in [0.1, 0.15) is 34.8 Å². The van der Waals surface area contributed by atoms with E-state index in [9.17, 15) is 5.11 Å². The van der Waals surface area contributed by atoms with E-state index in [-0.39, 0.29) is 6.61 Å². The number of hydrogen-bond donors (Lipinski definition) is 1. The lowest BCUT2D eigenvalue weighted by molar-refractivity contribution is 0.141. The molecule has 0 radical (unpaired) electrons. The predicted molar refractivity (Wildman–Crippen MR) is 84.0 cm³/mol. The molecule has 0 fully saturated rings. The summed E-state index contributed by atoms with van der Waals surface area (Å²) in [5.74, 6) is 0. The van der Waals surface area contributed by atoms with Gasteiger partial charge in [-0.25, -0.2) is 0 Å². The van der Waals surface area contributed by atoms with Gasteiger partial charge >= 0.3 is 0 Å². The molecule has 1 aromatic heterocycles. The normalized spacial score (nSPS) is 17.2. The van der Waals surface area contributed by atoms with Crippen molar-refractivity contribution >= 4 is 0 Å². The summed E-state index contributed by atoms with van der Waals surface area (Å²) in [7, 11) is 0. The zero-order chi connectivity index (χ0) is 14.7. The summed E-state index contributed by atoms with van der Waals surface area (Å²) < 4.78 is 0. The van der Waals surface area contributed by atoms with Crippen molar-refractivity contribution in [3.05, 3.63) is 65.0 Å². The Bertz CT molecular complexity index is 612. The van der Waals surface area contributed by atoms with Crippen LogP contribution in [0.2, 0.25) is 0 Å². The summed E-state index contributed by atoms with van der Waals surface area (Å²) in [4.78, 5) is 6.87. The maximum atomic E-state index is 9.43. The van der Waals surface area contributed by atoms with Crippen LogP contribution >= 0.6 is 0 Å². The number of nitrogens with zero attached hydrogens (tertiary/aromatic N) is 2. The van der Waals surface area contributed by atoms with Crippen molar-refractivity contribution in [1.29, 1.82) is 0 Å². The van der Waals surface area contributed by atoms with E-state index in [1.165, 1.54) is 16.7 Å². The molecule has 3 rings (SSSR count). The molecular weight excluding hydrogens is 260 g/mol. The zero-order valence-electron chi connectivity index (χ0n) is 12.5. The highest BCUT2D eigenvalue weighted by Gasteiger charge is 2.27. The molecule has 1 aliphatic carbocycles. The summed E-state index contributed by atoms with van der Waals surface area (Å²) in [5.41, 5.74) is 5.18. The van der Waals surface area contributed by atoms with Gasteiger partial charge in [0.15, 0.2) is 0 Å². The van der Waals surface area contributed by atoms with Crippen LogP contribution in [0, 0.1) is 6.92 Å². The van der Waals surface area contributed by atoms with Crippen molar-refractivity contribution in [3.8, 4) is 0 Å². The lowest BCUT2D eigenvalue weighted by atomic mass is 10.1. The number of pyridine rings is 1. The van der Waals surface area contributed by atoms with Crippen molar-refractivity contribution in [2.75, 3.05) is 13.2 Å². The standard InChI is InChI=1S/C18H22N2O/c1-14-5-4-10-19-17(14)13-20(11-12-21)18-9-8-15-6-2-3-7-16(15)18/h2-7,10,18,21H,8-9,11-13H2,1H3. The average molecular weight is 282 g/mol. The van der Waals surface area contributed by atoms with E-state index in [0.717, 1.165) is 25.1 Å².